The highest BCUT2D eigenvalue weighted by atomic mass is 19.2. The van der Waals surface area contributed by atoms with Gasteiger partial charge in [-0.1, -0.05) is 0 Å². The molecule has 0 unspecified atom stereocenters. The van der Waals surface area contributed by atoms with E-state index in [2.05, 4.69) is 0 Å². The lowest BCUT2D eigenvalue weighted by Crippen LogP contribution is -2.04. The van der Waals surface area contributed by atoms with Crippen molar-refractivity contribution in [2.45, 2.75) is 13.2 Å². The summed E-state index contributed by atoms with van der Waals surface area (Å²) in [6.07, 6.45) is 0. The molecule has 72 valence electrons. The molecule has 0 amide bonds. The Labute approximate surface area is 75.3 Å². The first-order valence-corrected chi connectivity index (χ1v) is 3.84. The summed E-state index contributed by atoms with van der Waals surface area (Å²) in [5.74, 6) is -1.75. The third-order valence-corrected chi connectivity index (χ3v) is 1.69. The van der Waals surface area contributed by atoms with Crippen LogP contribution in [-0.4, -0.2) is 7.11 Å². The van der Waals surface area contributed by atoms with E-state index in [1.807, 2.05) is 0 Å². The van der Waals surface area contributed by atoms with Gasteiger partial charge in [0.15, 0.2) is 11.6 Å². The monoisotopic (exact) mass is 187 g/mol. The van der Waals surface area contributed by atoms with Gasteiger partial charge in [-0.05, 0) is 17.7 Å². The normalized spacial score (nSPS) is 10.5. The van der Waals surface area contributed by atoms with Gasteiger partial charge in [-0.15, -0.1) is 0 Å². The van der Waals surface area contributed by atoms with Crippen LogP contribution < -0.4 is 5.73 Å². The maximum Gasteiger partial charge on any atom is 0.163 e. The number of hydrogen-bond acceptors (Lipinski definition) is 2. The van der Waals surface area contributed by atoms with E-state index >= 15 is 0 Å². The van der Waals surface area contributed by atoms with Crippen LogP contribution in [0, 0.1) is 11.6 Å². The number of hydrogen-bond donors (Lipinski definition) is 1. The Balaban J connectivity index is 3.06. The molecule has 13 heavy (non-hydrogen) atoms. The molecule has 0 saturated carbocycles. The van der Waals surface area contributed by atoms with E-state index in [-0.39, 0.29) is 18.7 Å². The Hall–Kier alpha value is -1.00. The maximum absolute atomic E-state index is 12.9. The third-order valence-electron chi connectivity index (χ3n) is 1.69. The average molecular weight is 187 g/mol. The summed E-state index contributed by atoms with van der Waals surface area (Å²) >= 11 is 0. The quantitative estimate of drug-likeness (QED) is 0.779. The van der Waals surface area contributed by atoms with Crippen molar-refractivity contribution in [1.82, 2.24) is 0 Å². The topological polar surface area (TPSA) is 35.2 Å². The highest BCUT2D eigenvalue weighted by molar-refractivity contribution is 5.25. The van der Waals surface area contributed by atoms with Gasteiger partial charge in [0, 0.05) is 19.2 Å². The molecule has 0 aliphatic carbocycles. The van der Waals surface area contributed by atoms with Gasteiger partial charge >= 0.3 is 0 Å². The van der Waals surface area contributed by atoms with Crippen molar-refractivity contribution >= 4 is 0 Å². The summed E-state index contributed by atoms with van der Waals surface area (Å²) in [5, 5.41) is 0. The molecule has 0 bridgehead atoms. The lowest BCUT2D eigenvalue weighted by molar-refractivity contribution is 0.184. The van der Waals surface area contributed by atoms with Crippen LogP contribution in [0.2, 0.25) is 0 Å². The van der Waals surface area contributed by atoms with Gasteiger partial charge < -0.3 is 10.5 Å². The van der Waals surface area contributed by atoms with Crippen molar-refractivity contribution in [2.75, 3.05) is 7.11 Å². The van der Waals surface area contributed by atoms with Crippen LogP contribution in [0.1, 0.15) is 11.1 Å². The summed E-state index contributed by atoms with van der Waals surface area (Å²) in [6.45, 7) is 0.241. The molecule has 0 saturated heterocycles. The van der Waals surface area contributed by atoms with Gasteiger partial charge in [0.25, 0.3) is 0 Å². The first-order valence-electron chi connectivity index (χ1n) is 3.84. The van der Waals surface area contributed by atoms with Crippen molar-refractivity contribution < 1.29 is 13.5 Å². The van der Waals surface area contributed by atoms with Gasteiger partial charge in [0.1, 0.15) is 0 Å². The molecule has 1 aromatic rings. The first-order chi connectivity index (χ1) is 6.19. The fraction of sp³-hybridized carbons (Fsp3) is 0.333. The summed E-state index contributed by atoms with van der Waals surface area (Å²) in [5.41, 5.74) is 6.00. The zero-order valence-corrected chi connectivity index (χ0v) is 7.31. The third kappa shape index (κ3) is 2.23. The molecule has 0 aromatic heterocycles. The number of benzene rings is 1. The number of ether oxygens (including phenoxy) is 1. The molecule has 1 aromatic carbocycles. The zero-order chi connectivity index (χ0) is 9.84. The van der Waals surface area contributed by atoms with E-state index in [4.69, 9.17) is 10.5 Å². The van der Waals surface area contributed by atoms with E-state index in [1.165, 1.54) is 13.2 Å². The minimum Gasteiger partial charge on any atom is -0.380 e. The molecule has 0 aliphatic rings. The van der Waals surface area contributed by atoms with Crippen LogP contribution in [0.4, 0.5) is 8.78 Å². The van der Waals surface area contributed by atoms with Crippen molar-refractivity contribution in [3.05, 3.63) is 34.9 Å². The molecular formula is C9H11F2NO. The van der Waals surface area contributed by atoms with Crippen LogP contribution in [0.15, 0.2) is 12.1 Å². The highest BCUT2D eigenvalue weighted by Gasteiger charge is 2.08. The van der Waals surface area contributed by atoms with E-state index in [0.29, 0.717) is 5.56 Å². The Morgan fingerprint density at radius 3 is 2.62 bits per heavy atom. The lowest BCUT2D eigenvalue weighted by atomic mass is 10.1. The van der Waals surface area contributed by atoms with Gasteiger partial charge in [0.05, 0.1) is 6.61 Å². The fourth-order valence-electron chi connectivity index (χ4n) is 1.11. The van der Waals surface area contributed by atoms with E-state index < -0.39 is 11.6 Å². The average Bonchev–Trinajstić information content (AvgIpc) is 2.11. The number of rotatable bonds is 3. The summed E-state index contributed by atoms with van der Waals surface area (Å²) < 4.78 is 30.6. The number of methoxy groups -OCH3 is 1. The number of halogens is 2. The van der Waals surface area contributed by atoms with Gasteiger partial charge in [0.2, 0.25) is 0 Å². The first kappa shape index (κ1) is 10.1. The SMILES string of the molecule is COCc1cc(F)c(F)c(CN)c1. The minimum atomic E-state index is -0.880. The van der Waals surface area contributed by atoms with Crippen molar-refractivity contribution in [2.24, 2.45) is 5.73 Å². The number of nitrogens with two attached hydrogens (primary N) is 1. The van der Waals surface area contributed by atoms with Gasteiger partial charge in [-0.3, -0.25) is 0 Å². The Bertz CT molecular complexity index is 302. The zero-order valence-electron chi connectivity index (χ0n) is 7.31. The Morgan fingerprint density at radius 2 is 2.08 bits per heavy atom. The second-order valence-corrected chi connectivity index (χ2v) is 2.69. The van der Waals surface area contributed by atoms with Crippen molar-refractivity contribution in [3.8, 4) is 0 Å². The molecular weight excluding hydrogens is 176 g/mol. The van der Waals surface area contributed by atoms with Crippen LogP contribution >= 0.6 is 0 Å². The molecule has 1 rings (SSSR count). The molecule has 0 atom stereocenters. The predicted molar refractivity (Wildman–Crippen MR) is 45.0 cm³/mol. The van der Waals surface area contributed by atoms with Crippen LogP contribution in [0.3, 0.4) is 0 Å². The van der Waals surface area contributed by atoms with Crippen LogP contribution in [0.5, 0.6) is 0 Å². The Kier molecular flexibility index (Phi) is 3.33. The van der Waals surface area contributed by atoms with Gasteiger partial charge in [-0.2, -0.15) is 0 Å². The van der Waals surface area contributed by atoms with Crippen LogP contribution in [-0.2, 0) is 17.9 Å². The van der Waals surface area contributed by atoms with Gasteiger partial charge in [-0.25, -0.2) is 8.78 Å². The van der Waals surface area contributed by atoms with Crippen molar-refractivity contribution in [1.29, 1.82) is 0 Å². The molecule has 0 heterocycles. The second kappa shape index (κ2) is 4.30. The lowest BCUT2D eigenvalue weighted by Gasteiger charge is -2.05. The van der Waals surface area contributed by atoms with E-state index in [9.17, 15) is 8.78 Å². The molecule has 0 radical (unpaired) electrons. The molecule has 2 N–H and O–H groups in total. The van der Waals surface area contributed by atoms with E-state index in [1.54, 1.807) is 0 Å². The summed E-state index contributed by atoms with van der Waals surface area (Å²) in [4.78, 5) is 0. The minimum absolute atomic E-state index is 0.0136. The van der Waals surface area contributed by atoms with Crippen molar-refractivity contribution in [3.63, 3.8) is 0 Å². The second-order valence-electron chi connectivity index (χ2n) is 2.69. The predicted octanol–water partition coefficient (Wildman–Crippen LogP) is 1.57. The maximum atomic E-state index is 12.9. The molecule has 2 nitrogen and oxygen atoms in total. The largest absolute Gasteiger partial charge is 0.380 e. The highest BCUT2D eigenvalue weighted by Crippen LogP contribution is 2.15. The Morgan fingerprint density at radius 1 is 1.38 bits per heavy atom. The standard InChI is InChI=1S/C9H11F2NO/c1-13-5-6-2-7(4-12)9(11)8(10)3-6/h2-3H,4-5,12H2,1H3. The molecule has 0 spiro atoms. The fourth-order valence-corrected chi connectivity index (χ4v) is 1.11. The smallest absolute Gasteiger partial charge is 0.163 e. The summed E-state index contributed by atoms with van der Waals surface area (Å²) in [6, 6.07) is 2.61. The molecule has 0 fully saturated rings. The van der Waals surface area contributed by atoms with Crippen LogP contribution in [0.25, 0.3) is 0 Å². The summed E-state index contributed by atoms with van der Waals surface area (Å²) in [7, 11) is 1.49. The molecule has 4 heteroatoms. The van der Waals surface area contributed by atoms with E-state index in [0.717, 1.165) is 6.07 Å². The molecule has 0 aliphatic heterocycles.